The molecule has 0 aliphatic carbocycles. The molecule has 0 aliphatic heterocycles. The molecular formula is C19H23N3O4. The lowest BCUT2D eigenvalue weighted by atomic mass is 10.1. The van der Waals surface area contributed by atoms with Gasteiger partial charge in [0.2, 0.25) is 0 Å². The van der Waals surface area contributed by atoms with Crippen LogP contribution in [-0.4, -0.2) is 39.5 Å². The second-order valence-electron chi connectivity index (χ2n) is 5.38. The van der Waals surface area contributed by atoms with E-state index in [4.69, 9.17) is 14.2 Å². The Morgan fingerprint density at radius 1 is 0.962 bits per heavy atom. The Hall–Kier alpha value is -3.22. The molecule has 2 aromatic rings. The molecule has 2 N–H and O–H groups in total. The van der Waals surface area contributed by atoms with Crippen molar-refractivity contribution in [3.8, 4) is 17.2 Å². The van der Waals surface area contributed by atoms with Crippen LogP contribution in [0.15, 0.2) is 47.6 Å². The molecule has 138 valence electrons. The van der Waals surface area contributed by atoms with E-state index in [-0.39, 0.29) is 12.5 Å². The van der Waals surface area contributed by atoms with Crippen molar-refractivity contribution in [3.05, 3.63) is 48.0 Å². The van der Waals surface area contributed by atoms with Gasteiger partial charge >= 0.3 is 0 Å². The van der Waals surface area contributed by atoms with Crippen LogP contribution in [0.1, 0.15) is 12.5 Å². The zero-order chi connectivity index (χ0) is 18.9. The number of hydrogen-bond acceptors (Lipinski definition) is 6. The van der Waals surface area contributed by atoms with Crippen LogP contribution in [0.5, 0.6) is 17.2 Å². The number of carbonyl (C=O) groups is 1. The van der Waals surface area contributed by atoms with E-state index in [1.54, 1.807) is 40.4 Å². The maximum atomic E-state index is 11.9. The summed E-state index contributed by atoms with van der Waals surface area (Å²) in [5, 5.41) is 7.14. The topological polar surface area (TPSA) is 81.2 Å². The fraction of sp³-hybridized carbons (Fsp3) is 0.263. The highest BCUT2D eigenvalue weighted by molar-refractivity contribution is 5.99. The molecule has 0 fully saturated rings. The number of carbonyl (C=O) groups excluding carboxylic acids is 1. The molecule has 0 saturated heterocycles. The van der Waals surface area contributed by atoms with Crippen molar-refractivity contribution in [1.82, 2.24) is 5.43 Å². The van der Waals surface area contributed by atoms with Gasteiger partial charge in [-0.2, -0.15) is 5.10 Å². The maximum absolute atomic E-state index is 11.9. The van der Waals surface area contributed by atoms with Crippen molar-refractivity contribution < 1.29 is 19.0 Å². The van der Waals surface area contributed by atoms with Crippen molar-refractivity contribution in [1.29, 1.82) is 0 Å². The van der Waals surface area contributed by atoms with E-state index >= 15 is 0 Å². The summed E-state index contributed by atoms with van der Waals surface area (Å²) in [6, 6.07) is 12.8. The molecule has 0 radical (unpaired) electrons. The highest BCUT2D eigenvalue weighted by Gasteiger charge is 2.07. The SMILES string of the molecule is COc1ccc(NCC(=O)N/N=C(/C)c2ccc(OC)c(OC)c2)cc1. The number of hydrogen-bond donors (Lipinski definition) is 2. The summed E-state index contributed by atoms with van der Waals surface area (Å²) in [5.74, 6) is 1.75. The summed E-state index contributed by atoms with van der Waals surface area (Å²) in [7, 11) is 4.75. The Bertz CT molecular complexity index is 773. The van der Waals surface area contributed by atoms with Gasteiger partial charge in [0.1, 0.15) is 5.75 Å². The average molecular weight is 357 g/mol. The van der Waals surface area contributed by atoms with Crippen molar-refractivity contribution in [2.75, 3.05) is 33.2 Å². The highest BCUT2D eigenvalue weighted by Crippen LogP contribution is 2.27. The second-order valence-corrected chi connectivity index (χ2v) is 5.38. The molecule has 0 bridgehead atoms. The van der Waals surface area contributed by atoms with Gasteiger partial charge in [0.05, 0.1) is 33.6 Å². The van der Waals surface area contributed by atoms with Gasteiger partial charge in [-0.15, -0.1) is 0 Å². The van der Waals surface area contributed by atoms with Gasteiger partial charge in [-0.3, -0.25) is 4.79 Å². The minimum atomic E-state index is -0.249. The van der Waals surface area contributed by atoms with Crippen LogP contribution in [-0.2, 0) is 4.79 Å². The number of nitrogens with zero attached hydrogens (tertiary/aromatic N) is 1. The molecule has 2 aromatic carbocycles. The summed E-state index contributed by atoms with van der Waals surface area (Å²) in [4.78, 5) is 11.9. The second kappa shape index (κ2) is 9.31. The number of ether oxygens (including phenoxy) is 3. The molecule has 7 nitrogen and oxygen atoms in total. The standard InChI is InChI=1S/C19H23N3O4/c1-13(14-5-10-17(25-3)18(11-14)26-4)21-22-19(23)12-20-15-6-8-16(24-2)9-7-15/h5-11,20H,12H2,1-4H3,(H,22,23)/b21-13-. The summed E-state index contributed by atoms with van der Waals surface area (Å²) in [6.45, 7) is 1.91. The smallest absolute Gasteiger partial charge is 0.259 e. The van der Waals surface area contributed by atoms with Crippen LogP contribution in [0, 0.1) is 0 Å². The van der Waals surface area contributed by atoms with Crippen LogP contribution in [0.2, 0.25) is 0 Å². The van der Waals surface area contributed by atoms with E-state index in [1.807, 2.05) is 30.3 Å². The Morgan fingerprint density at radius 3 is 2.27 bits per heavy atom. The first kappa shape index (κ1) is 19.1. The molecular weight excluding hydrogens is 334 g/mol. The normalized spacial score (nSPS) is 10.8. The van der Waals surface area contributed by atoms with Crippen molar-refractivity contribution >= 4 is 17.3 Å². The number of benzene rings is 2. The van der Waals surface area contributed by atoms with Crippen LogP contribution in [0.3, 0.4) is 0 Å². The number of methoxy groups -OCH3 is 3. The number of anilines is 1. The van der Waals surface area contributed by atoms with Gasteiger partial charge in [-0.05, 0) is 49.4 Å². The predicted molar refractivity (Wildman–Crippen MR) is 101 cm³/mol. The Kier molecular flexibility index (Phi) is 6.84. The van der Waals surface area contributed by atoms with Crippen molar-refractivity contribution in [2.45, 2.75) is 6.92 Å². The molecule has 0 unspecified atom stereocenters. The fourth-order valence-electron chi connectivity index (χ4n) is 2.20. The van der Waals surface area contributed by atoms with Crippen molar-refractivity contribution in [3.63, 3.8) is 0 Å². The van der Waals surface area contributed by atoms with Gasteiger partial charge in [-0.25, -0.2) is 5.43 Å². The summed E-state index contributed by atoms with van der Waals surface area (Å²) < 4.78 is 15.6. The zero-order valence-corrected chi connectivity index (χ0v) is 15.3. The third kappa shape index (κ3) is 5.14. The fourth-order valence-corrected chi connectivity index (χ4v) is 2.20. The first-order valence-corrected chi connectivity index (χ1v) is 8.00. The molecule has 7 heteroatoms. The summed E-state index contributed by atoms with van der Waals surface area (Å²) in [5.41, 5.74) is 4.83. The molecule has 26 heavy (non-hydrogen) atoms. The Morgan fingerprint density at radius 2 is 1.65 bits per heavy atom. The van der Waals surface area contributed by atoms with E-state index in [1.165, 1.54) is 0 Å². The van der Waals surface area contributed by atoms with Crippen LogP contribution in [0.4, 0.5) is 5.69 Å². The maximum Gasteiger partial charge on any atom is 0.259 e. The summed E-state index contributed by atoms with van der Waals surface area (Å²) in [6.07, 6.45) is 0. The van der Waals surface area contributed by atoms with E-state index < -0.39 is 0 Å². The Balaban J connectivity index is 1.92. The molecule has 0 spiro atoms. The van der Waals surface area contributed by atoms with Gasteiger partial charge in [0, 0.05) is 11.3 Å². The lowest BCUT2D eigenvalue weighted by molar-refractivity contribution is -0.119. The minimum absolute atomic E-state index is 0.106. The zero-order valence-electron chi connectivity index (χ0n) is 15.3. The highest BCUT2D eigenvalue weighted by atomic mass is 16.5. The molecule has 0 saturated carbocycles. The first-order valence-electron chi connectivity index (χ1n) is 8.00. The monoisotopic (exact) mass is 357 g/mol. The van der Waals surface area contributed by atoms with Gasteiger partial charge in [-0.1, -0.05) is 0 Å². The molecule has 2 rings (SSSR count). The average Bonchev–Trinajstić information content (AvgIpc) is 2.70. The summed E-state index contributed by atoms with van der Waals surface area (Å²) >= 11 is 0. The predicted octanol–water partition coefficient (Wildman–Crippen LogP) is 2.66. The molecule has 0 atom stereocenters. The quantitative estimate of drug-likeness (QED) is 0.561. The molecule has 0 heterocycles. The van der Waals surface area contributed by atoms with Gasteiger partial charge in [0.15, 0.2) is 11.5 Å². The molecule has 0 aliphatic rings. The van der Waals surface area contributed by atoms with Crippen LogP contribution in [0.25, 0.3) is 0 Å². The third-order valence-corrected chi connectivity index (χ3v) is 3.69. The minimum Gasteiger partial charge on any atom is -0.497 e. The van der Waals surface area contributed by atoms with Gasteiger partial charge < -0.3 is 19.5 Å². The van der Waals surface area contributed by atoms with E-state index in [0.717, 1.165) is 17.0 Å². The lowest BCUT2D eigenvalue weighted by Gasteiger charge is -2.10. The largest absolute Gasteiger partial charge is 0.497 e. The first-order chi connectivity index (χ1) is 12.6. The Labute approximate surface area is 153 Å². The molecule has 1 amide bonds. The molecule has 0 aromatic heterocycles. The number of amides is 1. The van der Waals surface area contributed by atoms with Crippen LogP contribution >= 0.6 is 0 Å². The van der Waals surface area contributed by atoms with E-state index in [0.29, 0.717) is 17.2 Å². The van der Waals surface area contributed by atoms with E-state index in [2.05, 4.69) is 15.8 Å². The number of hydrazone groups is 1. The van der Waals surface area contributed by atoms with Crippen LogP contribution < -0.4 is 25.0 Å². The van der Waals surface area contributed by atoms with E-state index in [9.17, 15) is 4.79 Å². The van der Waals surface area contributed by atoms with Crippen molar-refractivity contribution in [2.24, 2.45) is 5.10 Å². The number of nitrogens with one attached hydrogen (secondary N) is 2. The lowest BCUT2D eigenvalue weighted by Crippen LogP contribution is -2.26. The van der Waals surface area contributed by atoms with Gasteiger partial charge in [0.25, 0.3) is 5.91 Å². The number of rotatable bonds is 8. The third-order valence-electron chi connectivity index (χ3n) is 3.69.